The van der Waals surface area contributed by atoms with Gasteiger partial charge in [-0.15, -0.1) is 0 Å². The van der Waals surface area contributed by atoms with E-state index in [1.807, 2.05) is 72.8 Å². The topological polar surface area (TPSA) is 44.8 Å². The zero-order valence-corrected chi connectivity index (χ0v) is 45.9. The maximum Gasteiger partial charge on any atom is 0.647 e. The Morgan fingerprint density at radius 3 is 0.651 bits per heavy atom. The Bertz CT molecular complexity index is 4550. The molecular weight excluding hydrogens is 1030 g/mol. The second-order valence-electron chi connectivity index (χ2n) is 21.0. The van der Waals surface area contributed by atoms with E-state index in [1.165, 1.54) is 0 Å². The van der Waals surface area contributed by atoms with E-state index in [0.29, 0.717) is 17.2 Å². The van der Waals surface area contributed by atoms with E-state index in [9.17, 15) is 0 Å². The van der Waals surface area contributed by atoms with Crippen LogP contribution in [0.2, 0.25) is 0 Å². The molecule has 0 heterocycles. The molecule has 5 heteroatoms. The van der Waals surface area contributed by atoms with Crippen LogP contribution < -0.4 is 13.6 Å². The standard InChI is InChI=1S/C78H51O4P/c79-83(80-76-46-43-58(67-37-13-25-52-19-1-7-31-61(52)67)49-73(76)70-40-16-28-55-22-4-10-34-64(55)70,81-77-47-44-59(68-38-14-26-53-20-2-8-32-62(53)68)50-74(77)71-41-17-29-56-23-5-11-35-65(56)71)82-78-48-45-60(69-39-15-27-54-21-3-9-33-63(54)69)51-75(78)72-42-18-30-57-24-6-12-36-66(57)72/h1-51H. The third-order valence-electron chi connectivity index (χ3n) is 16.1. The highest BCUT2D eigenvalue weighted by Crippen LogP contribution is 2.57. The largest absolute Gasteiger partial charge is 0.647 e. The first kappa shape index (κ1) is 49.5. The van der Waals surface area contributed by atoms with Gasteiger partial charge in [0.1, 0.15) is 17.2 Å². The second-order valence-corrected chi connectivity index (χ2v) is 22.5. The lowest BCUT2D eigenvalue weighted by atomic mass is 9.92. The van der Waals surface area contributed by atoms with Crippen molar-refractivity contribution < 1.29 is 18.1 Å². The highest BCUT2D eigenvalue weighted by atomic mass is 31.2. The van der Waals surface area contributed by atoms with Gasteiger partial charge in [0.25, 0.3) is 0 Å². The van der Waals surface area contributed by atoms with Crippen LogP contribution in [0.1, 0.15) is 0 Å². The van der Waals surface area contributed by atoms with Gasteiger partial charge < -0.3 is 13.6 Å². The smallest absolute Gasteiger partial charge is 0.385 e. The van der Waals surface area contributed by atoms with E-state index in [-0.39, 0.29) is 0 Å². The molecule has 15 rings (SSSR count). The molecule has 15 aromatic carbocycles. The monoisotopic (exact) mass is 1080 g/mol. The van der Waals surface area contributed by atoms with Crippen LogP contribution in [0.3, 0.4) is 0 Å². The van der Waals surface area contributed by atoms with Crippen molar-refractivity contribution in [2.75, 3.05) is 0 Å². The van der Waals surface area contributed by atoms with Crippen LogP contribution in [0.5, 0.6) is 17.2 Å². The average molecular weight is 1080 g/mol. The predicted molar refractivity (Wildman–Crippen MR) is 346 cm³/mol. The summed E-state index contributed by atoms with van der Waals surface area (Å²) in [6.45, 7) is 0. The highest BCUT2D eigenvalue weighted by Gasteiger charge is 2.37. The molecule has 0 bridgehead atoms. The summed E-state index contributed by atoms with van der Waals surface area (Å²) in [5.41, 5.74) is 11.0. The van der Waals surface area contributed by atoms with Crippen molar-refractivity contribution in [2.45, 2.75) is 0 Å². The van der Waals surface area contributed by atoms with Gasteiger partial charge in [0.05, 0.1) is 0 Å². The summed E-state index contributed by atoms with van der Waals surface area (Å²) in [6, 6.07) is 106. The van der Waals surface area contributed by atoms with Crippen molar-refractivity contribution in [3.8, 4) is 84.0 Å². The number of phosphoric acid groups is 1. The van der Waals surface area contributed by atoms with E-state index < -0.39 is 7.82 Å². The van der Waals surface area contributed by atoms with Crippen LogP contribution in [0.15, 0.2) is 309 Å². The van der Waals surface area contributed by atoms with Gasteiger partial charge in [-0.2, -0.15) is 4.57 Å². The van der Waals surface area contributed by atoms with Gasteiger partial charge in [-0.1, -0.05) is 273 Å². The lowest BCUT2D eigenvalue weighted by Gasteiger charge is -2.25. The molecule has 4 nitrogen and oxygen atoms in total. The first-order chi connectivity index (χ1) is 41.0. The van der Waals surface area contributed by atoms with Crippen molar-refractivity contribution >= 4 is 72.5 Å². The molecule has 0 radical (unpaired) electrons. The van der Waals surface area contributed by atoms with Crippen molar-refractivity contribution in [3.63, 3.8) is 0 Å². The second kappa shape index (κ2) is 20.9. The molecule has 0 N–H and O–H groups in total. The third kappa shape index (κ3) is 9.22. The van der Waals surface area contributed by atoms with Crippen LogP contribution in [-0.4, -0.2) is 0 Å². The first-order valence-electron chi connectivity index (χ1n) is 28.0. The molecule has 0 spiro atoms. The molecule has 0 saturated carbocycles. The number of benzene rings is 15. The Morgan fingerprint density at radius 1 is 0.193 bits per heavy atom. The zero-order chi connectivity index (χ0) is 55.3. The molecule has 0 aliphatic rings. The van der Waals surface area contributed by atoms with Crippen LogP contribution in [0, 0.1) is 0 Å². The molecule has 15 aromatic rings. The Labute approximate surface area is 481 Å². The predicted octanol–water partition coefficient (Wildman–Crippen LogP) is 22.3. The van der Waals surface area contributed by atoms with Gasteiger partial charge in [0, 0.05) is 16.7 Å². The summed E-state index contributed by atoms with van der Waals surface area (Å²) in [5, 5.41) is 12.9. The van der Waals surface area contributed by atoms with Crippen molar-refractivity contribution in [1.29, 1.82) is 0 Å². The molecule has 0 aromatic heterocycles. The molecule has 0 fully saturated rings. The van der Waals surface area contributed by atoms with Crippen molar-refractivity contribution in [3.05, 3.63) is 309 Å². The maximum absolute atomic E-state index is 17.2. The summed E-state index contributed by atoms with van der Waals surface area (Å²) in [7, 11) is -4.89. The van der Waals surface area contributed by atoms with E-state index in [4.69, 9.17) is 13.6 Å². The molecule has 0 saturated heterocycles. The molecular formula is C78H51O4P. The minimum absolute atomic E-state index is 0.326. The van der Waals surface area contributed by atoms with E-state index >= 15 is 4.57 Å². The Balaban J connectivity index is 0.966. The normalized spacial score (nSPS) is 11.7. The van der Waals surface area contributed by atoms with Crippen molar-refractivity contribution in [2.24, 2.45) is 0 Å². The highest BCUT2D eigenvalue weighted by molar-refractivity contribution is 7.49. The molecule has 0 amide bonds. The summed E-state index contributed by atoms with van der Waals surface area (Å²) in [4.78, 5) is 0. The minimum atomic E-state index is -4.89. The SMILES string of the molecule is O=P(Oc1ccc(-c2cccc3ccccc23)cc1-c1cccc2ccccc12)(Oc1ccc(-c2cccc3ccccc23)cc1-c1cccc2ccccc12)Oc1ccc(-c2cccc3ccccc23)cc1-c1cccc2ccccc12. The molecule has 0 aliphatic heterocycles. The van der Waals surface area contributed by atoms with Gasteiger partial charge in [-0.05, 0) is 151 Å². The van der Waals surface area contributed by atoms with E-state index in [0.717, 1.165) is 131 Å². The lowest BCUT2D eigenvalue weighted by molar-refractivity contribution is 0.299. The first-order valence-corrected chi connectivity index (χ1v) is 29.4. The fourth-order valence-electron chi connectivity index (χ4n) is 12.2. The van der Waals surface area contributed by atoms with E-state index in [1.54, 1.807) is 0 Å². The van der Waals surface area contributed by atoms with Crippen molar-refractivity contribution in [1.82, 2.24) is 0 Å². The number of fused-ring (bicyclic) bond motifs is 6. The Kier molecular flexibility index (Phi) is 12.4. The van der Waals surface area contributed by atoms with Crippen LogP contribution in [0.25, 0.3) is 131 Å². The van der Waals surface area contributed by atoms with Gasteiger partial charge in [-0.3, -0.25) is 0 Å². The van der Waals surface area contributed by atoms with Gasteiger partial charge in [0.2, 0.25) is 0 Å². The number of hydrogen-bond acceptors (Lipinski definition) is 4. The molecule has 392 valence electrons. The molecule has 83 heavy (non-hydrogen) atoms. The third-order valence-corrected chi connectivity index (χ3v) is 17.4. The molecule has 0 unspecified atom stereocenters. The number of phosphoric ester groups is 1. The Hall–Kier alpha value is -10.5. The van der Waals surface area contributed by atoms with Gasteiger partial charge in [0.15, 0.2) is 0 Å². The quantitative estimate of drug-likeness (QED) is 0.114. The van der Waals surface area contributed by atoms with Crippen LogP contribution >= 0.6 is 7.82 Å². The fraction of sp³-hybridized carbons (Fsp3) is 0. The number of hydrogen-bond donors (Lipinski definition) is 0. The van der Waals surface area contributed by atoms with Crippen LogP contribution in [-0.2, 0) is 4.57 Å². The average Bonchev–Trinajstić information content (AvgIpc) is 3.73. The zero-order valence-electron chi connectivity index (χ0n) is 45.0. The molecule has 0 aliphatic carbocycles. The maximum atomic E-state index is 17.2. The van der Waals surface area contributed by atoms with Gasteiger partial charge >= 0.3 is 7.82 Å². The lowest BCUT2D eigenvalue weighted by Crippen LogP contribution is -2.10. The Morgan fingerprint density at radius 2 is 0.398 bits per heavy atom. The van der Waals surface area contributed by atoms with Crippen LogP contribution in [0.4, 0.5) is 0 Å². The number of rotatable bonds is 12. The summed E-state index contributed by atoms with van der Waals surface area (Å²) < 4.78 is 38.9. The summed E-state index contributed by atoms with van der Waals surface area (Å²) >= 11 is 0. The fourth-order valence-corrected chi connectivity index (χ4v) is 13.5. The summed E-state index contributed by atoms with van der Waals surface area (Å²) in [6.07, 6.45) is 0. The minimum Gasteiger partial charge on any atom is -0.385 e. The van der Waals surface area contributed by atoms with Gasteiger partial charge in [-0.25, -0.2) is 0 Å². The summed E-state index contributed by atoms with van der Waals surface area (Å²) in [5.74, 6) is 0.977. The molecule has 0 atom stereocenters. The van der Waals surface area contributed by atoms with E-state index in [2.05, 4.69) is 237 Å².